The second-order valence-corrected chi connectivity index (χ2v) is 6.21. The van der Waals surface area contributed by atoms with Crippen molar-refractivity contribution in [1.82, 2.24) is 9.97 Å². The Morgan fingerprint density at radius 2 is 1.67 bits per heavy atom. The topological polar surface area (TPSA) is 54.9 Å². The third kappa shape index (κ3) is 3.17. The Labute approximate surface area is 130 Å². The Hall–Kier alpha value is -2.05. The third-order valence-corrected chi connectivity index (χ3v) is 4.63. The molecule has 3 aromatic rings. The second-order valence-electron chi connectivity index (χ2n) is 4.32. The highest BCUT2D eigenvalue weighted by atomic mass is 32.1. The molecule has 0 saturated carbocycles. The van der Waals surface area contributed by atoms with Crippen molar-refractivity contribution in [2.75, 3.05) is 5.32 Å². The predicted molar refractivity (Wildman–Crippen MR) is 87.6 cm³/mol. The van der Waals surface area contributed by atoms with Crippen LogP contribution in [-0.4, -0.2) is 15.9 Å². The number of anilines is 1. The fourth-order valence-corrected chi connectivity index (χ4v) is 3.19. The van der Waals surface area contributed by atoms with Crippen molar-refractivity contribution in [3.63, 3.8) is 0 Å². The fraction of sp³-hybridized carbons (Fsp3) is 0.133. The van der Waals surface area contributed by atoms with Gasteiger partial charge in [0.25, 0.3) is 0 Å². The number of hydrogen-bond acceptors (Lipinski definition) is 5. The highest BCUT2D eigenvalue weighted by molar-refractivity contribution is 7.14. The Bertz CT molecular complexity index is 684. The lowest BCUT2D eigenvalue weighted by Gasteiger charge is -2.07. The first-order chi connectivity index (χ1) is 10.3. The molecule has 21 heavy (non-hydrogen) atoms. The van der Waals surface area contributed by atoms with Crippen molar-refractivity contribution in [2.45, 2.75) is 13.3 Å². The van der Waals surface area contributed by atoms with Crippen LogP contribution in [0.5, 0.6) is 0 Å². The number of hydrogen-bond donors (Lipinski definition) is 1. The average Bonchev–Trinajstić information content (AvgIpc) is 3.20. The Balaban J connectivity index is 2.06. The van der Waals surface area contributed by atoms with Crippen LogP contribution in [0.15, 0.2) is 41.1 Å². The van der Waals surface area contributed by atoms with Crippen molar-refractivity contribution in [3.8, 4) is 21.1 Å². The lowest BCUT2D eigenvalue weighted by molar-refractivity contribution is -0.115. The maximum atomic E-state index is 11.6. The van der Waals surface area contributed by atoms with E-state index in [1.54, 1.807) is 29.6 Å². The lowest BCUT2D eigenvalue weighted by Crippen LogP contribution is -2.12. The van der Waals surface area contributed by atoms with E-state index in [2.05, 4.69) is 15.3 Å². The second kappa shape index (κ2) is 6.15. The average molecular weight is 315 g/mol. The van der Waals surface area contributed by atoms with Crippen LogP contribution in [0, 0.1) is 0 Å². The molecule has 6 heteroatoms. The molecule has 0 atom stereocenters. The summed E-state index contributed by atoms with van der Waals surface area (Å²) in [5.74, 6) is 0.270. The van der Waals surface area contributed by atoms with E-state index >= 15 is 0 Å². The maximum Gasteiger partial charge on any atom is 0.230 e. The number of rotatable bonds is 4. The predicted octanol–water partition coefficient (Wildman–Crippen LogP) is 4.28. The van der Waals surface area contributed by atoms with Crippen molar-refractivity contribution in [2.24, 2.45) is 0 Å². The molecule has 0 fully saturated rings. The van der Waals surface area contributed by atoms with Gasteiger partial charge in [-0.25, -0.2) is 9.97 Å². The number of carbonyl (C=O) groups is 1. The van der Waals surface area contributed by atoms with Crippen LogP contribution in [-0.2, 0) is 4.79 Å². The molecule has 0 aromatic carbocycles. The summed E-state index contributed by atoms with van der Waals surface area (Å²) in [6.45, 7) is 1.80. The maximum absolute atomic E-state index is 11.6. The molecule has 106 valence electrons. The summed E-state index contributed by atoms with van der Waals surface area (Å²) >= 11 is 3.23. The molecule has 1 N–H and O–H groups in total. The first-order valence-corrected chi connectivity index (χ1v) is 8.29. The van der Waals surface area contributed by atoms with Crippen LogP contribution < -0.4 is 5.32 Å². The lowest BCUT2D eigenvalue weighted by atomic mass is 10.2. The van der Waals surface area contributed by atoms with Gasteiger partial charge in [-0.1, -0.05) is 19.1 Å². The highest BCUT2D eigenvalue weighted by Gasteiger charge is 2.11. The molecule has 1 amide bonds. The Morgan fingerprint density at radius 1 is 1.10 bits per heavy atom. The van der Waals surface area contributed by atoms with Crippen molar-refractivity contribution in [3.05, 3.63) is 41.1 Å². The standard InChI is InChI=1S/C15H13N3OS2/c1-2-14(19)18-15-16-10(12-5-3-7-20-12)9-11(17-15)13-6-4-8-21-13/h3-9H,2H2,1H3,(H,16,17,18,19). The van der Waals surface area contributed by atoms with E-state index in [0.29, 0.717) is 12.4 Å². The van der Waals surface area contributed by atoms with Gasteiger partial charge in [0.2, 0.25) is 11.9 Å². The summed E-state index contributed by atoms with van der Waals surface area (Å²) in [5, 5.41) is 6.76. The monoisotopic (exact) mass is 315 g/mol. The zero-order valence-corrected chi connectivity index (χ0v) is 13.0. The molecule has 0 saturated heterocycles. The van der Waals surface area contributed by atoms with Gasteiger partial charge in [-0.05, 0) is 29.0 Å². The van der Waals surface area contributed by atoms with Crippen LogP contribution >= 0.6 is 22.7 Å². The molecule has 3 rings (SSSR count). The molecular weight excluding hydrogens is 302 g/mol. The molecule has 3 heterocycles. The number of aromatic nitrogens is 2. The van der Waals surface area contributed by atoms with Gasteiger partial charge in [0.1, 0.15) is 0 Å². The smallest absolute Gasteiger partial charge is 0.230 e. The van der Waals surface area contributed by atoms with Crippen LogP contribution in [0.2, 0.25) is 0 Å². The number of carbonyl (C=O) groups excluding carboxylic acids is 1. The first-order valence-electron chi connectivity index (χ1n) is 6.53. The van der Waals surface area contributed by atoms with E-state index in [9.17, 15) is 4.79 Å². The minimum absolute atomic E-state index is 0.0875. The van der Waals surface area contributed by atoms with E-state index in [-0.39, 0.29) is 5.91 Å². The van der Waals surface area contributed by atoms with E-state index in [0.717, 1.165) is 21.1 Å². The number of amides is 1. The van der Waals surface area contributed by atoms with E-state index in [1.165, 1.54) is 0 Å². The normalized spacial score (nSPS) is 10.5. The van der Waals surface area contributed by atoms with E-state index < -0.39 is 0 Å². The van der Waals surface area contributed by atoms with Gasteiger partial charge in [0.15, 0.2) is 0 Å². The Morgan fingerprint density at radius 3 is 2.10 bits per heavy atom. The Kier molecular flexibility index (Phi) is 4.08. The quantitative estimate of drug-likeness (QED) is 0.781. The largest absolute Gasteiger partial charge is 0.295 e. The SMILES string of the molecule is CCC(=O)Nc1nc(-c2cccs2)cc(-c2cccs2)n1. The van der Waals surface area contributed by atoms with Crippen LogP contribution in [0.1, 0.15) is 13.3 Å². The van der Waals surface area contributed by atoms with Crippen LogP contribution in [0.25, 0.3) is 21.1 Å². The van der Waals surface area contributed by atoms with Gasteiger partial charge in [-0.3, -0.25) is 10.1 Å². The molecule has 0 aliphatic rings. The van der Waals surface area contributed by atoms with Gasteiger partial charge in [-0.15, -0.1) is 22.7 Å². The molecular formula is C15H13N3OS2. The van der Waals surface area contributed by atoms with Gasteiger partial charge in [0, 0.05) is 6.42 Å². The van der Waals surface area contributed by atoms with E-state index in [1.807, 2.05) is 41.1 Å². The zero-order valence-electron chi connectivity index (χ0n) is 11.4. The molecule has 0 aliphatic carbocycles. The summed E-state index contributed by atoms with van der Waals surface area (Å²) < 4.78 is 0. The molecule has 0 unspecified atom stereocenters. The first kappa shape index (κ1) is 13.9. The van der Waals surface area contributed by atoms with Crippen molar-refractivity contribution >= 4 is 34.5 Å². The number of nitrogens with zero attached hydrogens (tertiary/aromatic N) is 2. The molecule has 0 radical (unpaired) electrons. The molecule has 0 bridgehead atoms. The molecule has 3 aromatic heterocycles. The number of nitrogens with one attached hydrogen (secondary N) is 1. The van der Waals surface area contributed by atoms with Gasteiger partial charge in [0.05, 0.1) is 21.1 Å². The zero-order chi connectivity index (χ0) is 14.7. The summed E-state index contributed by atoms with van der Waals surface area (Å²) in [6.07, 6.45) is 0.404. The summed E-state index contributed by atoms with van der Waals surface area (Å²) in [5.41, 5.74) is 1.66. The van der Waals surface area contributed by atoms with Gasteiger partial charge >= 0.3 is 0 Å². The minimum Gasteiger partial charge on any atom is -0.295 e. The number of thiophene rings is 2. The fourth-order valence-electron chi connectivity index (χ4n) is 1.82. The van der Waals surface area contributed by atoms with Crippen molar-refractivity contribution < 1.29 is 4.79 Å². The van der Waals surface area contributed by atoms with Crippen molar-refractivity contribution in [1.29, 1.82) is 0 Å². The van der Waals surface area contributed by atoms with Gasteiger partial charge < -0.3 is 0 Å². The minimum atomic E-state index is -0.0875. The molecule has 0 spiro atoms. The van der Waals surface area contributed by atoms with Crippen LogP contribution in [0.4, 0.5) is 5.95 Å². The summed E-state index contributed by atoms with van der Waals surface area (Å²) in [6, 6.07) is 9.95. The van der Waals surface area contributed by atoms with Crippen LogP contribution in [0.3, 0.4) is 0 Å². The third-order valence-electron chi connectivity index (χ3n) is 2.85. The molecule has 0 aliphatic heterocycles. The summed E-state index contributed by atoms with van der Waals surface area (Å²) in [7, 11) is 0. The molecule has 4 nitrogen and oxygen atoms in total. The highest BCUT2D eigenvalue weighted by Crippen LogP contribution is 2.30. The van der Waals surface area contributed by atoms with Gasteiger partial charge in [-0.2, -0.15) is 0 Å². The summed E-state index contributed by atoms with van der Waals surface area (Å²) in [4.78, 5) is 22.6. The van der Waals surface area contributed by atoms with E-state index in [4.69, 9.17) is 0 Å².